The second-order valence-corrected chi connectivity index (χ2v) is 12.0. The molecular formula is C29H26BrFN8O2S. The van der Waals surface area contributed by atoms with Crippen LogP contribution in [-0.2, 0) is 6.54 Å². The fourth-order valence-electron chi connectivity index (χ4n) is 5.15. The number of hydrogen-bond acceptors (Lipinski definition) is 7. The van der Waals surface area contributed by atoms with Crippen molar-refractivity contribution in [3.05, 3.63) is 87.6 Å². The summed E-state index contributed by atoms with van der Waals surface area (Å²) in [5.74, 6) is -0.176. The average Bonchev–Trinajstić information content (AvgIpc) is 3.66. The number of carbonyl (C=O) groups excluding carboxylic acids is 2. The van der Waals surface area contributed by atoms with Gasteiger partial charge in [-0.15, -0.1) is 5.10 Å². The summed E-state index contributed by atoms with van der Waals surface area (Å²) in [5.41, 5.74) is 3.65. The Hall–Kier alpha value is -4.23. The summed E-state index contributed by atoms with van der Waals surface area (Å²) in [6, 6.07) is 17.7. The number of tetrazole rings is 1. The lowest BCUT2D eigenvalue weighted by Gasteiger charge is -2.25. The van der Waals surface area contributed by atoms with Crippen LogP contribution in [0.5, 0.6) is 0 Å². The van der Waals surface area contributed by atoms with E-state index in [-0.39, 0.29) is 18.4 Å². The second kappa shape index (κ2) is 12.3. The van der Waals surface area contributed by atoms with Crippen LogP contribution in [-0.4, -0.2) is 37.5 Å². The van der Waals surface area contributed by atoms with Crippen molar-refractivity contribution in [2.45, 2.75) is 44.6 Å². The summed E-state index contributed by atoms with van der Waals surface area (Å²) >= 11 is 4.37. The maximum atomic E-state index is 14.5. The normalized spacial score (nSPS) is 13.7. The van der Waals surface area contributed by atoms with Gasteiger partial charge >= 0.3 is 6.03 Å². The fourth-order valence-corrected chi connectivity index (χ4v) is 6.41. The van der Waals surface area contributed by atoms with Crippen molar-refractivity contribution in [1.82, 2.24) is 25.6 Å². The highest BCUT2D eigenvalue weighted by Gasteiger charge is 2.21. The summed E-state index contributed by atoms with van der Waals surface area (Å²) in [5, 5.41) is 18.9. The van der Waals surface area contributed by atoms with Crippen molar-refractivity contribution in [1.29, 1.82) is 0 Å². The van der Waals surface area contributed by atoms with E-state index >= 15 is 0 Å². The van der Waals surface area contributed by atoms with Gasteiger partial charge in [-0.2, -0.15) is 5.21 Å². The van der Waals surface area contributed by atoms with Gasteiger partial charge in [-0.25, -0.2) is 14.2 Å². The number of hydrogen-bond donors (Lipinski definition) is 3. The Morgan fingerprint density at radius 1 is 1.02 bits per heavy atom. The van der Waals surface area contributed by atoms with Gasteiger partial charge in [-0.05, 0) is 71.5 Å². The average molecular weight is 650 g/mol. The van der Waals surface area contributed by atoms with Crippen LogP contribution < -0.4 is 15.5 Å². The number of benzene rings is 3. The van der Waals surface area contributed by atoms with Gasteiger partial charge in [0, 0.05) is 15.7 Å². The van der Waals surface area contributed by atoms with Crippen LogP contribution in [0.15, 0.2) is 65.1 Å². The van der Waals surface area contributed by atoms with E-state index in [1.165, 1.54) is 43.7 Å². The van der Waals surface area contributed by atoms with Gasteiger partial charge in [0.25, 0.3) is 11.9 Å². The Labute approximate surface area is 252 Å². The number of nitrogens with one attached hydrogen (secondary N) is 3. The minimum Gasteiger partial charge on any atom is -0.290 e. The molecule has 10 nitrogen and oxygen atoms in total. The van der Waals surface area contributed by atoms with Crippen molar-refractivity contribution in [3.63, 3.8) is 0 Å². The topological polar surface area (TPSA) is 129 Å². The standard InChI is InChI=1S/C29H26BrFN8O2S/c30-21-14-23(31)25-24(15-21)32-28(42-25)34-29(41)39(22-12-10-19(11-13-22)18-4-2-1-3-5-18)16-17-6-8-20(9-7-17)26(40)33-27-35-37-38-36-27/h6-15,18H,1-5,16H2,(H,32,34,41)(H2,33,35,36,37,38,40). The molecule has 13 heteroatoms. The van der Waals surface area contributed by atoms with Crippen LogP contribution in [0.4, 0.5) is 26.0 Å². The SMILES string of the molecule is O=C(Nc1nn[nH]n1)c1ccc(CN(C(=O)Nc2nc3cc(Br)cc(F)c3s2)c2ccc(C3CCCCC3)cc2)cc1. The first kappa shape index (κ1) is 27.9. The van der Waals surface area contributed by atoms with Crippen molar-refractivity contribution in [2.24, 2.45) is 0 Å². The van der Waals surface area contributed by atoms with Gasteiger partial charge in [0.15, 0.2) is 5.13 Å². The number of fused-ring (bicyclic) bond motifs is 1. The molecule has 3 N–H and O–H groups in total. The number of nitrogens with zero attached hydrogens (tertiary/aromatic N) is 5. The quantitative estimate of drug-likeness (QED) is 0.170. The summed E-state index contributed by atoms with van der Waals surface area (Å²) in [4.78, 5) is 32.2. The van der Waals surface area contributed by atoms with Crippen molar-refractivity contribution in [3.8, 4) is 0 Å². The molecule has 42 heavy (non-hydrogen) atoms. The molecule has 3 aromatic carbocycles. The molecule has 1 aliphatic carbocycles. The molecule has 0 bridgehead atoms. The predicted octanol–water partition coefficient (Wildman–Crippen LogP) is 7.25. The highest BCUT2D eigenvalue weighted by Crippen LogP contribution is 2.34. The van der Waals surface area contributed by atoms with Gasteiger partial charge in [0.2, 0.25) is 0 Å². The Balaban J connectivity index is 1.24. The van der Waals surface area contributed by atoms with E-state index in [1.54, 1.807) is 35.2 Å². The zero-order chi connectivity index (χ0) is 29.1. The number of anilines is 3. The first-order valence-electron chi connectivity index (χ1n) is 13.5. The number of rotatable bonds is 7. The molecule has 2 aromatic heterocycles. The Morgan fingerprint density at radius 3 is 2.50 bits per heavy atom. The molecule has 0 radical (unpaired) electrons. The Bertz CT molecular complexity index is 1700. The van der Waals surface area contributed by atoms with E-state index in [9.17, 15) is 14.0 Å². The van der Waals surface area contributed by atoms with E-state index in [1.807, 2.05) is 12.1 Å². The van der Waals surface area contributed by atoms with E-state index < -0.39 is 11.8 Å². The summed E-state index contributed by atoms with van der Waals surface area (Å²) in [7, 11) is 0. The van der Waals surface area contributed by atoms with E-state index in [4.69, 9.17) is 0 Å². The predicted molar refractivity (Wildman–Crippen MR) is 163 cm³/mol. The lowest BCUT2D eigenvalue weighted by atomic mass is 9.84. The molecule has 6 rings (SSSR count). The number of carbonyl (C=O) groups is 2. The van der Waals surface area contributed by atoms with E-state index in [2.05, 4.69) is 64.3 Å². The maximum absolute atomic E-state index is 14.5. The maximum Gasteiger partial charge on any atom is 0.328 e. The third kappa shape index (κ3) is 6.31. The van der Waals surface area contributed by atoms with Crippen molar-refractivity contribution >= 4 is 66.2 Å². The molecule has 214 valence electrons. The third-order valence-corrected chi connectivity index (χ3v) is 8.73. The van der Waals surface area contributed by atoms with Crippen LogP contribution in [0.2, 0.25) is 0 Å². The minimum absolute atomic E-state index is 0.0747. The van der Waals surface area contributed by atoms with Crippen LogP contribution in [0.25, 0.3) is 10.2 Å². The summed E-state index contributed by atoms with van der Waals surface area (Å²) in [6.45, 7) is 0.228. The lowest BCUT2D eigenvalue weighted by molar-refractivity contribution is 0.102. The van der Waals surface area contributed by atoms with Crippen molar-refractivity contribution < 1.29 is 14.0 Å². The summed E-state index contributed by atoms with van der Waals surface area (Å²) < 4.78 is 15.4. The Morgan fingerprint density at radius 2 is 1.79 bits per heavy atom. The van der Waals surface area contributed by atoms with Crippen molar-refractivity contribution in [2.75, 3.05) is 15.5 Å². The first-order valence-corrected chi connectivity index (χ1v) is 15.1. The lowest BCUT2D eigenvalue weighted by Crippen LogP contribution is -2.34. The smallest absolute Gasteiger partial charge is 0.290 e. The van der Waals surface area contributed by atoms with Gasteiger partial charge < -0.3 is 0 Å². The number of amides is 3. The highest BCUT2D eigenvalue weighted by atomic mass is 79.9. The molecule has 0 aliphatic heterocycles. The van der Waals surface area contributed by atoms with E-state index in [0.717, 1.165) is 16.9 Å². The zero-order valence-corrected chi connectivity index (χ0v) is 24.7. The van der Waals surface area contributed by atoms with Gasteiger partial charge in [0.05, 0.1) is 16.8 Å². The molecule has 1 aliphatic rings. The number of aromatic amines is 1. The molecule has 5 aromatic rings. The molecule has 1 fully saturated rings. The largest absolute Gasteiger partial charge is 0.328 e. The molecular weight excluding hydrogens is 623 g/mol. The minimum atomic E-state index is -0.406. The number of H-pyrrole nitrogens is 1. The van der Waals surface area contributed by atoms with Crippen LogP contribution in [0, 0.1) is 5.82 Å². The van der Waals surface area contributed by atoms with E-state index in [0.29, 0.717) is 37.0 Å². The molecule has 0 saturated heterocycles. The molecule has 2 heterocycles. The van der Waals surface area contributed by atoms with Gasteiger partial charge in [-0.3, -0.25) is 20.3 Å². The van der Waals surface area contributed by atoms with Gasteiger partial charge in [0.1, 0.15) is 5.82 Å². The molecule has 0 atom stereocenters. The number of halogens is 2. The molecule has 1 saturated carbocycles. The van der Waals surface area contributed by atoms with Crippen LogP contribution >= 0.6 is 27.3 Å². The number of aromatic nitrogens is 5. The van der Waals surface area contributed by atoms with Gasteiger partial charge in [-0.1, -0.05) is 75.9 Å². The molecule has 0 unspecified atom stereocenters. The van der Waals surface area contributed by atoms with Crippen LogP contribution in [0.3, 0.4) is 0 Å². The first-order chi connectivity index (χ1) is 20.4. The molecule has 3 amide bonds. The number of urea groups is 1. The third-order valence-electron chi connectivity index (χ3n) is 7.28. The fraction of sp³-hybridized carbons (Fsp3) is 0.241. The Kier molecular flexibility index (Phi) is 8.20. The van der Waals surface area contributed by atoms with Crippen LogP contribution in [0.1, 0.15) is 59.5 Å². The number of thiazole rings is 1. The molecule has 0 spiro atoms. The summed E-state index contributed by atoms with van der Waals surface area (Å²) in [6.07, 6.45) is 6.13. The second-order valence-electron chi connectivity index (χ2n) is 10.1. The zero-order valence-electron chi connectivity index (χ0n) is 22.3. The monoisotopic (exact) mass is 648 g/mol. The highest BCUT2D eigenvalue weighted by molar-refractivity contribution is 9.10.